The first-order valence-electron chi connectivity index (χ1n) is 10.7. The minimum atomic E-state index is -1.24. The number of likely N-dealkylation sites (tertiary alicyclic amines) is 1. The fourth-order valence-corrected chi connectivity index (χ4v) is 4.71. The van der Waals surface area contributed by atoms with E-state index in [1.165, 1.54) is 4.90 Å². The van der Waals surface area contributed by atoms with Gasteiger partial charge in [0.05, 0.1) is 0 Å². The van der Waals surface area contributed by atoms with Crippen LogP contribution in [-0.4, -0.2) is 66.1 Å². The highest BCUT2D eigenvalue weighted by molar-refractivity contribution is 6.30. The van der Waals surface area contributed by atoms with Crippen molar-refractivity contribution in [3.05, 3.63) is 58.9 Å². The quantitative estimate of drug-likeness (QED) is 0.471. The van der Waals surface area contributed by atoms with Crippen LogP contribution in [0, 0.1) is 11.8 Å². The molecule has 1 unspecified atom stereocenters. The van der Waals surface area contributed by atoms with Crippen molar-refractivity contribution in [2.45, 2.75) is 31.5 Å². The zero-order valence-corrected chi connectivity index (χ0v) is 18.3. The molecule has 1 saturated heterocycles. The number of benzene rings is 1. The molecule has 10 nitrogen and oxygen atoms in total. The lowest BCUT2D eigenvalue weighted by Gasteiger charge is -2.28. The average Bonchev–Trinajstić information content (AvgIpc) is 3.21. The van der Waals surface area contributed by atoms with E-state index in [1.807, 2.05) is 0 Å². The average molecular weight is 468 g/mol. The van der Waals surface area contributed by atoms with Crippen molar-refractivity contribution in [1.29, 1.82) is 0 Å². The second kappa shape index (κ2) is 8.87. The number of aliphatic hydroxyl groups excluding tert-OH is 1. The van der Waals surface area contributed by atoms with Gasteiger partial charge in [-0.15, -0.1) is 10.2 Å². The molecule has 3 aromatic rings. The van der Waals surface area contributed by atoms with Crippen LogP contribution in [0.25, 0.3) is 11.4 Å². The highest BCUT2D eigenvalue weighted by Crippen LogP contribution is 2.49. The Labute approximate surface area is 194 Å². The Hall–Kier alpha value is -3.37. The molecule has 1 aromatic carbocycles. The number of H-pyrrole nitrogens is 1. The van der Waals surface area contributed by atoms with Gasteiger partial charge in [0.15, 0.2) is 0 Å². The van der Waals surface area contributed by atoms with Crippen LogP contribution in [0.15, 0.2) is 42.6 Å². The van der Waals surface area contributed by atoms with Gasteiger partial charge in [0.1, 0.15) is 12.1 Å². The third-order valence-electron chi connectivity index (χ3n) is 6.22. The molecule has 2 fully saturated rings. The smallest absolute Gasteiger partial charge is 0.252 e. The van der Waals surface area contributed by atoms with E-state index < -0.39 is 18.1 Å². The van der Waals surface area contributed by atoms with Crippen molar-refractivity contribution in [2.24, 2.45) is 11.8 Å². The molecular formula is C22H22ClN7O3. The third kappa shape index (κ3) is 4.44. The molecule has 3 N–H and O–H groups in total. The molecule has 11 heteroatoms. The van der Waals surface area contributed by atoms with Gasteiger partial charge in [0.2, 0.25) is 11.7 Å². The normalized spacial score (nSPS) is 22.0. The standard InChI is InChI=1S/C22H22ClN7O3/c23-14-4-5-16(20-26-28-29-27-20)12(7-14)10-25-21(32)19-17-8-13(17)11-30(19)22(33)18(31)9-15-3-1-2-6-24-15/h1-7,13,17-19,31H,8-11H2,(H,25,32)(H,26,27,28,29)/t13-,17-,18?,19-/m0/s1. The summed E-state index contributed by atoms with van der Waals surface area (Å²) in [5.41, 5.74) is 2.05. The summed E-state index contributed by atoms with van der Waals surface area (Å²) in [7, 11) is 0. The number of pyridine rings is 1. The first-order chi connectivity index (χ1) is 16.0. The summed E-state index contributed by atoms with van der Waals surface area (Å²) in [6.07, 6.45) is 1.39. The molecule has 0 bridgehead atoms. The summed E-state index contributed by atoms with van der Waals surface area (Å²) in [6, 6.07) is 9.96. The van der Waals surface area contributed by atoms with Gasteiger partial charge >= 0.3 is 0 Å². The van der Waals surface area contributed by atoms with E-state index in [-0.39, 0.29) is 24.8 Å². The highest BCUT2D eigenvalue weighted by atomic mass is 35.5. The highest BCUT2D eigenvalue weighted by Gasteiger charge is 2.57. The number of carbonyl (C=O) groups excluding carboxylic acids is 2. The summed E-state index contributed by atoms with van der Waals surface area (Å²) >= 11 is 6.15. The summed E-state index contributed by atoms with van der Waals surface area (Å²) in [5.74, 6) is 0.119. The van der Waals surface area contributed by atoms with Gasteiger partial charge in [0.25, 0.3) is 5.91 Å². The maximum absolute atomic E-state index is 13.2. The number of aromatic amines is 1. The minimum absolute atomic E-state index is 0.108. The molecule has 5 rings (SSSR count). The first-order valence-corrected chi connectivity index (χ1v) is 11.1. The molecule has 0 radical (unpaired) electrons. The molecule has 2 aromatic heterocycles. The van der Waals surface area contributed by atoms with Gasteiger partial charge in [-0.1, -0.05) is 17.7 Å². The Kier molecular flexibility index (Phi) is 5.77. The van der Waals surface area contributed by atoms with Crippen LogP contribution < -0.4 is 5.32 Å². The number of nitrogens with zero attached hydrogens (tertiary/aromatic N) is 5. The maximum atomic E-state index is 13.2. The number of aliphatic hydroxyl groups is 1. The number of hydrogen-bond donors (Lipinski definition) is 3. The van der Waals surface area contributed by atoms with Crippen LogP contribution >= 0.6 is 11.6 Å². The van der Waals surface area contributed by atoms with Gasteiger partial charge in [-0.3, -0.25) is 14.6 Å². The van der Waals surface area contributed by atoms with Crippen molar-refractivity contribution in [3.63, 3.8) is 0 Å². The van der Waals surface area contributed by atoms with Crippen molar-refractivity contribution in [1.82, 2.24) is 35.8 Å². The van der Waals surface area contributed by atoms with Gasteiger partial charge in [0, 0.05) is 42.0 Å². The molecule has 0 spiro atoms. The Morgan fingerprint density at radius 2 is 2.18 bits per heavy atom. The molecule has 3 heterocycles. The summed E-state index contributed by atoms with van der Waals surface area (Å²) in [6.45, 7) is 0.668. The zero-order valence-electron chi connectivity index (χ0n) is 17.6. The topological polar surface area (TPSA) is 137 Å². The van der Waals surface area contributed by atoms with E-state index >= 15 is 0 Å². The van der Waals surface area contributed by atoms with Gasteiger partial charge < -0.3 is 15.3 Å². The Morgan fingerprint density at radius 1 is 1.30 bits per heavy atom. The second-order valence-electron chi connectivity index (χ2n) is 8.39. The molecule has 33 heavy (non-hydrogen) atoms. The Balaban J connectivity index is 1.27. The van der Waals surface area contributed by atoms with Crippen LogP contribution in [0.5, 0.6) is 0 Å². The molecule has 1 aliphatic heterocycles. The number of rotatable bonds is 7. The van der Waals surface area contributed by atoms with Crippen LogP contribution in [-0.2, 0) is 22.6 Å². The zero-order chi connectivity index (χ0) is 22.9. The van der Waals surface area contributed by atoms with Crippen molar-refractivity contribution >= 4 is 23.4 Å². The van der Waals surface area contributed by atoms with Crippen LogP contribution in [0.3, 0.4) is 0 Å². The lowest BCUT2D eigenvalue weighted by Crippen LogP contribution is -2.51. The minimum Gasteiger partial charge on any atom is -0.383 e. The fourth-order valence-electron chi connectivity index (χ4n) is 4.51. The maximum Gasteiger partial charge on any atom is 0.252 e. The van der Waals surface area contributed by atoms with E-state index in [4.69, 9.17) is 11.6 Å². The molecule has 2 aliphatic rings. The third-order valence-corrected chi connectivity index (χ3v) is 6.46. The number of piperidine rings is 1. The SMILES string of the molecule is O=C(NCc1cc(Cl)ccc1-c1nn[nH]n1)[C@@H]1[C@H]2C[C@H]2CN1C(=O)C(O)Cc1ccccn1. The molecule has 2 amide bonds. The largest absolute Gasteiger partial charge is 0.383 e. The number of hydrogen-bond acceptors (Lipinski definition) is 7. The van der Waals surface area contributed by atoms with Crippen LogP contribution in [0.4, 0.5) is 0 Å². The number of fused-ring (bicyclic) bond motifs is 1. The summed E-state index contributed by atoms with van der Waals surface area (Å²) in [5, 5.41) is 28.0. The van der Waals surface area contributed by atoms with E-state index in [0.717, 1.165) is 12.0 Å². The Bertz CT molecular complexity index is 1160. The number of halogens is 1. The van der Waals surface area contributed by atoms with E-state index in [1.54, 1.807) is 42.6 Å². The molecule has 4 atom stereocenters. The van der Waals surface area contributed by atoms with Crippen molar-refractivity contribution in [2.75, 3.05) is 6.54 Å². The van der Waals surface area contributed by atoms with Gasteiger partial charge in [-0.05, 0) is 59.4 Å². The monoisotopic (exact) mass is 467 g/mol. The molecule has 170 valence electrons. The van der Waals surface area contributed by atoms with E-state index in [9.17, 15) is 14.7 Å². The van der Waals surface area contributed by atoms with E-state index in [2.05, 4.69) is 30.9 Å². The number of carbonyl (C=O) groups is 2. The first kappa shape index (κ1) is 21.5. The predicted molar refractivity (Wildman–Crippen MR) is 118 cm³/mol. The van der Waals surface area contributed by atoms with Gasteiger partial charge in [-0.2, -0.15) is 5.21 Å². The predicted octanol–water partition coefficient (Wildman–Crippen LogP) is 0.982. The lowest BCUT2D eigenvalue weighted by atomic mass is 10.1. The van der Waals surface area contributed by atoms with Crippen molar-refractivity contribution in [3.8, 4) is 11.4 Å². The van der Waals surface area contributed by atoms with E-state index in [0.29, 0.717) is 34.6 Å². The number of nitrogens with one attached hydrogen (secondary N) is 2. The van der Waals surface area contributed by atoms with Crippen LogP contribution in [0.2, 0.25) is 5.02 Å². The van der Waals surface area contributed by atoms with Crippen LogP contribution in [0.1, 0.15) is 17.7 Å². The summed E-state index contributed by atoms with van der Waals surface area (Å²) < 4.78 is 0. The molecule has 1 aliphatic carbocycles. The second-order valence-corrected chi connectivity index (χ2v) is 8.83. The van der Waals surface area contributed by atoms with Crippen molar-refractivity contribution < 1.29 is 14.7 Å². The Morgan fingerprint density at radius 3 is 2.94 bits per heavy atom. The fraction of sp³-hybridized carbons (Fsp3) is 0.364. The number of amides is 2. The van der Waals surface area contributed by atoms with Gasteiger partial charge in [-0.25, -0.2) is 0 Å². The molecular weight excluding hydrogens is 446 g/mol. The molecule has 1 saturated carbocycles. The number of aromatic nitrogens is 5. The lowest BCUT2D eigenvalue weighted by molar-refractivity contribution is -0.146. The number of tetrazole rings is 1. The summed E-state index contributed by atoms with van der Waals surface area (Å²) in [4.78, 5) is 31.8.